The Morgan fingerprint density at radius 3 is 2.57 bits per heavy atom. The van der Waals surface area contributed by atoms with Gasteiger partial charge in [-0.1, -0.05) is 6.42 Å². The molecular weight excluding hydrogens is 264 g/mol. The smallest absolute Gasteiger partial charge is 0.223 e. The molecule has 3 aliphatic carbocycles. The van der Waals surface area contributed by atoms with Gasteiger partial charge in [-0.05, 0) is 63.2 Å². The molecule has 3 saturated carbocycles. The normalized spacial score (nSPS) is 32.0. The quantitative estimate of drug-likeness (QED) is 0.707. The molecule has 2 amide bonds. The van der Waals surface area contributed by atoms with Crippen LogP contribution in [0.2, 0.25) is 0 Å². The van der Waals surface area contributed by atoms with Crippen LogP contribution in [-0.2, 0) is 9.59 Å². The molecule has 0 saturated heterocycles. The second kappa shape index (κ2) is 6.37. The topological polar surface area (TPSA) is 58.2 Å². The van der Waals surface area contributed by atoms with Gasteiger partial charge in [0.15, 0.2) is 0 Å². The first kappa shape index (κ1) is 14.9. The molecule has 4 atom stereocenters. The molecule has 0 spiro atoms. The molecule has 4 heteroatoms. The summed E-state index contributed by atoms with van der Waals surface area (Å²) in [6.45, 7) is 2.80. The molecule has 3 fully saturated rings. The average Bonchev–Trinajstić information content (AvgIpc) is 3.11. The molecule has 21 heavy (non-hydrogen) atoms. The van der Waals surface area contributed by atoms with Crippen molar-refractivity contribution in [1.82, 2.24) is 10.6 Å². The number of hydrogen-bond acceptors (Lipinski definition) is 2. The summed E-state index contributed by atoms with van der Waals surface area (Å²) < 4.78 is 0. The number of carbonyl (C=O) groups excluding carboxylic acids is 2. The van der Waals surface area contributed by atoms with Crippen molar-refractivity contribution in [2.75, 3.05) is 6.54 Å². The van der Waals surface area contributed by atoms with Crippen LogP contribution in [0.15, 0.2) is 0 Å². The zero-order chi connectivity index (χ0) is 14.8. The van der Waals surface area contributed by atoms with Crippen LogP contribution in [0.1, 0.15) is 58.3 Å². The summed E-state index contributed by atoms with van der Waals surface area (Å²) in [6.07, 6.45) is 8.80. The number of amides is 2. The number of rotatable bonds is 7. The summed E-state index contributed by atoms with van der Waals surface area (Å²) in [7, 11) is 0. The van der Waals surface area contributed by atoms with E-state index >= 15 is 0 Å². The van der Waals surface area contributed by atoms with E-state index in [2.05, 4.69) is 17.6 Å². The minimum absolute atomic E-state index is 0.144. The average molecular weight is 292 g/mol. The van der Waals surface area contributed by atoms with Gasteiger partial charge in [0.25, 0.3) is 0 Å². The fourth-order valence-corrected chi connectivity index (χ4v) is 4.29. The summed E-state index contributed by atoms with van der Waals surface area (Å²) in [6, 6.07) is 0.314. The zero-order valence-corrected chi connectivity index (χ0v) is 13.1. The van der Waals surface area contributed by atoms with Gasteiger partial charge in [0.1, 0.15) is 0 Å². The van der Waals surface area contributed by atoms with Gasteiger partial charge < -0.3 is 10.6 Å². The molecule has 0 unspecified atom stereocenters. The molecule has 0 aliphatic heterocycles. The van der Waals surface area contributed by atoms with Crippen molar-refractivity contribution in [3.8, 4) is 0 Å². The highest BCUT2D eigenvalue weighted by Gasteiger charge is 2.42. The lowest BCUT2D eigenvalue weighted by molar-refractivity contribution is -0.124. The van der Waals surface area contributed by atoms with Gasteiger partial charge in [0.05, 0.1) is 0 Å². The van der Waals surface area contributed by atoms with E-state index in [0.29, 0.717) is 24.9 Å². The standard InChI is InChI=1S/C17H28N2O2/c1-11(15-10-12-4-5-14(15)9-12)19-16(20)3-2-8-18-17(21)13-6-7-13/h11-15H,2-10H2,1H3,(H,18,21)(H,19,20)/t11-,12-,14-,15-/m0/s1. The lowest BCUT2D eigenvalue weighted by Gasteiger charge is -2.28. The Balaban J connectivity index is 1.29. The minimum Gasteiger partial charge on any atom is -0.356 e. The van der Waals surface area contributed by atoms with E-state index in [-0.39, 0.29) is 17.7 Å². The third-order valence-corrected chi connectivity index (χ3v) is 5.65. The molecule has 3 aliphatic rings. The summed E-state index contributed by atoms with van der Waals surface area (Å²) in [4.78, 5) is 23.4. The Labute approximate surface area is 127 Å². The molecule has 2 N–H and O–H groups in total. The third kappa shape index (κ3) is 3.78. The van der Waals surface area contributed by atoms with E-state index in [1.165, 1.54) is 25.7 Å². The fraction of sp³-hybridized carbons (Fsp3) is 0.882. The highest BCUT2D eigenvalue weighted by molar-refractivity contribution is 5.81. The predicted molar refractivity (Wildman–Crippen MR) is 81.5 cm³/mol. The maximum absolute atomic E-state index is 12.0. The van der Waals surface area contributed by atoms with Crippen LogP contribution in [0, 0.1) is 23.7 Å². The van der Waals surface area contributed by atoms with Crippen molar-refractivity contribution < 1.29 is 9.59 Å². The van der Waals surface area contributed by atoms with Crippen LogP contribution in [-0.4, -0.2) is 24.4 Å². The first-order valence-corrected chi connectivity index (χ1v) is 8.70. The molecule has 0 aromatic heterocycles. The second-order valence-corrected chi connectivity index (χ2v) is 7.36. The highest BCUT2D eigenvalue weighted by Crippen LogP contribution is 2.49. The SMILES string of the molecule is C[C@H](NC(=O)CCCNC(=O)C1CC1)[C@@H]1C[C@H]2CC[C@H]1C2. The van der Waals surface area contributed by atoms with Crippen LogP contribution >= 0.6 is 0 Å². The maximum Gasteiger partial charge on any atom is 0.223 e. The number of nitrogens with one attached hydrogen (secondary N) is 2. The van der Waals surface area contributed by atoms with Gasteiger partial charge >= 0.3 is 0 Å². The Kier molecular flexibility index (Phi) is 4.51. The van der Waals surface area contributed by atoms with E-state index in [1.54, 1.807) is 0 Å². The molecular formula is C17H28N2O2. The molecule has 4 nitrogen and oxygen atoms in total. The lowest BCUT2D eigenvalue weighted by atomic mass is 9.84. The van der Waals surface area contributed by atoms with Gasteiger partial charge in [-0.2, -0.15) is 0 Å². The van der Waals surface area contributed by atoms with Crippen molar-refractivity contribution in [3.63, 3.8) is 0 Å². The number of carbonyl (C=O) groups is 2. The number of fused-ring (bicyclic) bond motifs is 2. The molecule has 0 aromatic rings. The van der Waals surface area contributed by atoms with Gasteiger partial charge in [0, 0.05) is 24.9 Å². The van der Waals surface area contributed by atoms with Crippen molar-refractivity contribution in [1.29, 1.82) is 0 Å². The minimum atomic E-state index is 0.144. The Bertz CT molecular complexity index is 406. The first-order valence-electron chi connectivity index (χ1n) is 8.70. The zero-order valence-electron chi connectivity index (χ0n) is 13.1. The monoisotopic (exact) mass is 292 g/mol. The predicted octanol–water partition coefficient (Wildman–Crippen LogP) is 2.23. The number of hydrogen-bond donors (Lipinski definition) is 2. The molecule has 2 bridgehead atoms. The van der Waals surface area contributed by atoms with Gasteiger partial charge in [-0.3, -0.25) is 9.59 Å². The van der Waals surface area contributed by atoms with E-state index in [4.69, 9.17) is 0 Å². The summed E-state index contributed by atoms with van der Waals surface area (Å²) in [5.74, 6) is 3.05. The summed E-state index contributed by atoms with van der Waals surface area (Å²) >= 11 is 0. The van der Waals surface area contributed by atoms with Gasteiger partial charge in [-0.25, -0.2) is 0 Å². The molecule has 0 heterocycles. The fourth-order valence-electron chi connectivity index (χ4n) is 4.29. The Morgan fingerprint density at radius 2 is 1.95 bits per heavy atom. The molecule has 0 radical (unpaired) electrons. The van der Waals surface area contributed by atoms with E-state index in [9.17, 15) is 9.59 Å². The van der Waals surface area contributed by atoms with Crippen LogP contribution in [0.4, 0.5) is 0 Å². The lowest BCUT2D eigenvalue weighted by Crippen LogP contribution is -2.40. The van der Waals surface area contributed by atoms with Crippen LogP contribution in [0.3, 0.4) is 0 Å². The first-order chi connectivity index (χ1) is 10.1. The van der Waals surface area contributed by atoms with Crippen molar-refractivity contribution in [3.05, 3.63) is 0 Å². The molecule has 0 aromatic carbocycles. The van der Waals surface area contributed by atoms with Crippen LogP contribution in [0.25, 0.3) is 0 Å². The highest BCUT2D eigenvalue weighted by atomic mass is 16.2. The van der Waals surface area contributed by atoms with Crippen LogP contribution in [0.5, 0.6) is 0 Å². The third-order valence-electron chi connectivity index (χ3n) is 5.65. The van der Waals surface area contributed by atoms with E-state index in [1.807, 2.05) is 0 Å². The van der Waals surface area contributed by atoms with Crippen molar-refractivity contribution >= 4 is 11.8 Å². The second-order valence-electron chi connectivity index (χ2n) is 7.36. The Morgan fingerprint density at radius 1 is 1.14 bits per heavy atom. The van der Waals surface area contributed by atoms with E-state index < -0.39 is 0 Å². The van der Waals surface area contributed by atoms with Gasteiger partial charge in [0.2, 0.25) is 11.8 Å². The maximum atomic E-state index is 12.0. The van der Waals surface area contributed by atoms with Crippen molar-refractivity contribution in [2.45, 2.75) is 64.3 Å². The molecule has 118 valence electrons. The van der Waals surface area contributed by atoms with E-state index in [0.717, 1.165) is 31.1 Å². The largest absolute Gasteiger partial charge is 0.356 e. The van der Waals surface area contributed by atoms with Crippen LogP contribution < -0.4 is 10.6 Å². The summed E-state index contributed by atoms with van der Waals surface area (Å²) in [5.41, 5.74) is 0. The van der Waals surface area contributed by atoms with Gasteiger partial charge in [-0.15, -0.1) is 0 Å². The molecule has 3 rings (SSSR count). The van der Waals surface area contributed by atoms with Crippen molar-refractivity contribution in [2.24, 2.45) is 23.7 Å². The summed E-state index contributed by atoms with van der Waals surface area (Å²) in [5, 5.41) is 6.09. The Hall–Kier alpha value is -1.06.